The van der Waals surface area contributed by atoms with Crippen molar-refractivity contribution in [2.45, 2.75) is 30.6 Å². The van der Waals surface area contributed by atoms with E-state index in [1.165, 1.54) is 5.56 Å². The third-order valence-corrected chi connectivity index (χ3v) is 5.46. The monoisotopic (exact) mass is 354 g/mol. The Morgan fingerprint density at radius 3 is 2.56 bits per heavy atom. The van der Waals surface area contributed by atoms with E-state index in [1.807, 2.05) is 42.5 Å². The van der Waals surface area contributed by atoms with E-state index in [0.29, 0.717) is 17.1 Å². The van der Waals surface area contributed by atoms with Crippen LogP contribution in [0.5, 0.6) is 0 Å². The van der Waals surface area contributed by atoms with Gasteiger partial charge in [-0.25, -0.2) is 4.79 Å². The van der Waals surface area contributed by atoms with Crippen molar-refractivity contribution < 1.29 is 9.90 Å². The molecular weight excluding hydrogens is 336 g/mol. The third kappa shape index (κ3) is 3.47. The molecule has 1 atom stereocenters. The molecule has 2 aromatic rings. The number of hydrogen-bond donors (Lipinski definition) is 2. The number of nitrogens with zero attached hydrogens (tertiary/aromatic N) is 1. The Labute approximate surface area is 152 Å². The lowest BCUT2D eigenvalue weighted by Gasteiger charge is -2.49. The first-order valence-corrected chi connectivity index (χ1v) is 8.66. The average Bonchev–Trinajstić information content (AvgIpc) is 2.58. The summed E-state index contributed by atoms with van der Waals surface area (Å²) in [6.07, 6.45) is 2.03. The Morgan fingerprint density at radius 2 is 2.00 bits per heavy atom. The Morgan fingerprint density at radius 1 is 1.28 bits per heavy atom. The smallest absolute Gasteiger partial charge is 0.404 e. The summed E-state index contributed by atoms with van der Waals surface area (Å²) in [4.78, 5) is 11.1. The second kappa shape index (κ2) is 7.16. The van der Waals surface area contributed by atoms with Crippen LogP contribution in [-0.2, 0) is 5.41 Å². The maximum absolute atomic E-state index is 11.1. The molecule has 2 N–H and O–H groups in total. The lowest BCUT2D eigenvalue weighted by molar-refractivity contribution is 0.173. The molecule has 1 aliphatic rings. The standard InChI is InChI=1S/C20H19ClN2O2/c21-17-7-5-16(6-8-17)20(9-2-10-20)18(13-23-19(24)25)15-4-1-3-14(11-15)12-22/h1,3-8,11,18,23H,2,9-10,13H2,(H,24,25). The number of benzene rings is 2. The van der Waals surface area contributed by atoms with Crippen LogP contribution in [-0.4, -0.2) is 17.7 Å². The third-order valence-electron chi connectivity index (χ3n) is 5.21. The zero-order valence-corrected chi connectivity index (χ0v) is 14.5. The molecule has 2 aromatic carbocycles. The number of rotatable bonds is 5. The first kappa shape index (κ1) is 17.3. The number of nitriles is 1. The second-order valence-corrected chi connectivity index (χ2v) is 6.93. The molecule has 0 spiro atoms. The highest BCUT2D eigenvalue weighted by atomic mass is 35.5. The molecular formula is C20H19ClN2O2. The quantitative estimate of drug-likeness (QED) is 0.818. The normalized spacial score (nSPS) is 16.3. The van der Waals surface area contributed by atoms with Crippen LogP contribution in [0.4, 0.5) is 4.79 Å². The minimum atomic E-state index is -1.04. The molecule has 25 heavy (non-hydrogen) atoms. The van der Waals surface area contributed by atoms with Gasteiger partial charge in [0, 0.05) is 22.9 Å². The van der Waals surface area contributed by atoms with Crippen LogP contribution in [0.1, 0.15) is 41.9 Å². The van der Waals surface area contributed by atoms with Crippen molar-refractivity contribution in [2.24, 2.45) is 0 Å². The van der Waals surface area contributed by atoms with Crippen LogP contribution in [0.25, 0.3) is 0 Å². The Hall–Kier alpha value is -2.51. The maximum Gasteiger partial charge on any atom is 0.404 e. The number of hydrogen-bond acceptors (Lipinski definition) is 2. The van der Waals surface area contributed by atoms with E-state index >= 15 is 0 Å². The summed E-state index contributed by atoms with van der Waals surface area (Å²) in [6.45, 7) is 0.312. The first-order chi connectivity index (χ1) is 12.0. The van der Waals surface area contributed by atoms with Gasteiger partial charge in [-0.05, 0) is 48.2 Å². The van der Waals surface area contributed by atoms with Crippen LogP contribution < -0.4 is 5.32 Å². The van der Waals surface area contributed by atoms with E-state index < -0.39 is 6.09 Å². The summed E-state index contributed by atoms with van der Waals surface area (Å²) in [5.74, 6) is -0.0353. The van der Waals surface area contributed by atoms with Crippen LogP contribution in [0.15, 0.2) is 48.5 Å². The number of carboxylic acid groups (broad SMARTS) is 1. The van der Waals surface area contributed by atoms with Gasteiger partial charge in [-0.15, -0.1) is 0 Å². The van der Waals surface area contributed by atoms with E-state index in [0.717, 1.165) is 24.8 Å². The highest BCUT2D eigenvalue weighted by Gasteiger charge is 2.46. The number of carbonyl (C=O) groups is 1. The van der Waals surface area contributed by atoms with Crippen LogP contribution >= 0.6 is 11.6 Å². The lowest BCUT2D eigenvalue weighted by Crippen LogP contribution is -2.45. The van der Waals surface area contributed by atoms with Crippen LogP contribution in [0.2, 0.25) is 5.02 Å². The van der Waals surface area contributed by atoms with E-state index in [-0.39, 0.29) is 11.3 Å². The fourth-order valence-corrected chi connectivity index (χ4v) is 3.95. The Kier molecular flexibility index (Phi) is 4.96. The summed E-state index contributed by atoms with van der Waals surface area (Å²) in [6, 6.07) is 17.5. The molecule has 3 rings (SSSR count). The molecule has 0 aliphatic heterocycles. The molecule has 0 aromatic heterocycles. The second-order valence-electron chi connectivity index (χ2n) is 6.49. The van der Waals surface area contributed by atoms with Crippen LogP contribution in [0.3, 0.4) is 0 Å². The molecule has 0 heterocycles. The fourth-order valence-electron chi connectivity index (χ4n) is 3.82. The molecule has 4 nitrogen and oxygen atoms in total. The van der Waals surface area contributed by atoms with E-state index in [2.05, 4.69) is 11.4 Å². The molecule has 1 fully saturated rings. The summed E-state index contributed by atoms with van der Waals surface area (Å²) in [5, 5.41) is 21.5. The molecule has 1 saturated carbocycles. The van der Waals surface area contributed by atoms with Crippen molar-refractivity contribution in [3.63, 3.8) is 0 Å². The minimum absolute atomic E-state index is 0.0353. The molecule has 5 heteroatoms. The number of nitrogens with one attached hydrogen (secondary N) is 1. The predicted octanol–water partition coefficient (Wildman–Crippen LogP) is 4.68. The highest BCUT2D eigenvalue weighted by Crippen LogP contribution is 2.53. The fraction of sp³-hybridized carbons (Fsp3) is 0.300. The van der Waals surface area contributed by atoms with Gasteiger partial charge in [0.2, 0.25) is 0 Å². The average molecular weight is 355 g/mol. The molecule has 1 unspecified atom stereocenters. The van der Waals surface area contributed by atoms with Crippen molar-refractivity contribution in [2.75, 3.05) is 6.54 Å². The van der Waals surface area contributed by atoms with E-state index in [9.17, 15) is 10.1 Å². The molecule has 0 saturated heterocycles. The summed E-state index contributed by atoms with van der Waals surface area (Å²) >= 11 is 6.04. The van der Waals surface area contributed by atoms with Crippen molar-refractivity contribution in [1.29, 1.82) is 5.26 Å². The van der Waals surface area contributed by atoms with E-state index in [4.69, 9.17) is 16.7 Å². The van der Waals surface area contributed by atoms with Gasteiger partial charge in [0.15, 0.2) is 0 Å². The largest absolute Gasteiger partial charge is 0.465 e. The van der Waals surface area contributed by atoms with Crippen molar-refractivity contribution in [1.82, 2.24) is 5.32 Å². The molecule has 1 aliphatic carbocycles. The molecule has 128 valence electrons. The van der Waals surface area contributed by atoms with Gasteiger partial charge in [0.25, 0.3) is 0 Å². The van der Waals surface area contributed by atoms with Gasteiger partial charge in [-0.2, -0.15) is 5.26 Å². The van der Waals surface area contributed by atoms with Crippen molar-refractivity contribution >= 4 is 17.7 Å². The van der Waals surface area contributed by atoms with Gasteiger partial charge in [0.05, 0.1) is 11.6 Å². The molecule has 0 radical (unpaired) electrons. The highest BCUT2D eigenvalue weighted by molar-refractivity contribution is 6.30. The van der Waals surface area contributed by atoms with Gasteiger partial charge in [0.1, 0.15) is 0 Å². The van der Waals surface area contributed by atoms with Crippen LogP contribution in [0, 0.1) is 11.3 Å². The summed E-state index contributed by atoms with van der Waals surface area (Å²) in [7, 11) is 0. The lowest BCUT2D eigenvalue weighted by atomic mass is 9.56. The zero-order valence-electron chi connectivity index (χ0n) is 13.7. The Bertz CT molecular complexity index is 807. The van der Waals surface area contributed by atoms with Crippen molar-refractivity contribution in [3.05, 3.63) is 70.2 Å². The van der Waals surface area contributed by atoms with Gasteiger partial charge in [-0.1, -0.05) is 42.3 Å². The Balaban J connectivity index is 2.03. The van der Waals surface area contributed by atoms with E-state index in [1.54, 1.807) is 6.07 Å². The van der Waals surface area contributed by atoms with Gasteiger partial charge >= 0.3 is 6.09 Å². The number of halogens is 1. The first-order valence-electron chi connectivity index (χ1n) is 8.28. The number of amides is 1. The zero-order chi connectivity index (χ0) is 17.9. The SMILES string of the molecule is N#Cc1cccc(C(CNC(=O)O)C2(c3ccc(Cl)cc3)CCC2)c1. The maximum atomic E-state index is 11.1. The van der Waals surface area contributed by atoms with Gasteiger partial charge in [-0.3, -0.25) is 0 Å². The van der Waals surface area contributed by atoms with Crippen molar-refractivity contribution in [3.8, 4) is 6.07 Å². The summed E-state index contributed by atoms with van der Waals surface area (Å²) < 4.78 is 0. The van der Waals surface area contributed by atoms with Gasteiger partial charge < -0.3 is 10.4 Å². The topological polar surface area (TPSA) is 73.1 Å². The molecule has 1 amide bonds. The minimum Gasteiger partial charge on any atom is -0.465 e. The summed E-state index contributed by atoms with van der Waals surface area (Å²) in [5.41, 5.74) is 2.61. The molecule has 0 bridgehead atoms. The predicted molar refractivity (Wildman–Crippen MR) is 96.9 cm³/mol.